The molecule has 0 amide bonds. The van der Waals surface area contributed by atoms with E-state index in [1.54, 1.807) is 6.07 Å². The first-order valence-corrected chi connectivity index (χ1v) is 4.80. The number of aromatic nitrogens is 2. The van der Waals surface area contributed by atoms with Gasteiger partial charge in [-0.3, -0.25) is 0 Å². The van der Waals surface area contributed by atoms with E-state index in [9.17, 15) is 0 Å². The summed E-state index contributed by atoms with van der Waals surface area (Å²) in [5.41, 5.74) is 7.89. The predicted molar refractivity (Wildman–Crippen MR) is 59.2 cm³/mol. The molecule has 1 heterocycles. The van der Waals surface area contributed by atoms with Crippen molar-refractivity contribution in [3.63, 3.8) is 0 Å². The van der Waals surface area contributed by atoms with Crippen molar-refractivity contribution in [1.82, 2.24) is 9.97 Å². The average Bonchev–Trinajstić information content (AvgIpc) is 2.16. The van der Waals surface area contributed by atoms with Crippen molar-refractivity contribution < 1.29 is 4.74 Å². The summed E-state index contributed by atoms with van der Waals surface area (Å²) in [6.07, 6.45) is 0.0601. The maximum Gasteiger partial charge on any atom is 0.225 e. The van der Waals surface area contributed by atoms with Gasteiger partial charge in [0.1, 0.15) is 5.82 Å². The Labute approximate surface area is 89.0 Å². The number of nitrogens with one attached hydrogen (secondary N) is 1. The second-order valence-corrected chi connectivity index (χ2v) is 3.66. The fraction of sp³-hybridized carbons (Fsp3) is 0.556. The van der Waals surface area contributed by atoms with Crippen LogP contribution in [-0.2, 0) is 0 Å². The molecule has 0 aromatic carbocycles. The lowest BCUT2D eigenvalue weighted by Crippen LogP contribution is -2.20. The van der Waals surface area contributed by atoms with E-state index in [1.807, 2.05) is 6.92 Å². The summed E-state index contributed by atoms with van der Waals surface area (Å²) in [5.74, 6) is 6.63. The Hall–Kier alpha value is -1.56. The minimum atomic E-state index is 0.0601. The van der Waals surface area contributed by atoms with Gasteiger partial charge in [-0.15, -0.1) is 0 Å². The number of anilines is 2. The highest BCUT2D eigenvalue weighted by atomic mass is 16.5. The topological polar surface area (TPSA) is 99.1 Å². The molecule has 0 bridgehead atoms. The van der Waals surface area contributed by atoms with Gasteiger partial charge < -0.3 is 15.9 Å². The number of hydrogen-bond donors (Lipinski definition) is 3. The third-order valence-electron chi connectivity index (χ3n) is 2.11. The summed E-state index contributed by atoms with van der Waals surface area (Å²) in [5, 5.41) is 0. The zero-order chi connectivity index (χ0) is 11.4. The quantitative estimate of drug-likeness (QED) is 0.502. The Morgan fingerprint density at radius 2 is 2.00 bits per heavy atom. The second kappa shape index (κ2) is 4.79. The third kappa shape index (κ3) is 3.25. The Morgan fingerprint density at radius 3 is 2.53 bits per heavy atom. The standard InChI is InChI=1S/C9H17N5O/c1-5(2)6(3)15-8-4-7(14-11)12-9(10)13-8/h4-6H,11H2,1-3H3,(H3,10,12,13,14). The van der Waals surface area contributed by atoms with Crippen LogP contribution in [0.15, 0.2) is 6.07 Å². The van der Waals surface area contributed by atoms with Crippen LogP contribution in [0.25, 0.3) is 0 Å². The number of nitrogens with zero attached hydrogens (tertiary/aromatic N) is 2. The van der Waals surface area contributed by atoms with Crippen LogP contribution in [0.4, 0.5) is 11.8 Å². The van der Waals surface area contributed by atoms with Crippen molar-refractivity contribution in [2.24, 2.45) is 11.8 Å². The zero-order valence-electron chi connectivity index (χ0n) is 9.19. The van der Waals surface area contributed by atoms with Crippen LogP contribution in [0.2, 0.25) is 0 Å². The molecule has 0 aliphatic carbocycles. The average molecular weight is 211 g/mol. The minimum absolute atomic E-state index is 0.0601. The van der Waals surface area contributed by atoms with Crippen LogP contribution in [0.3, 0.4) is 0 Å². The van der Waals surface area contributed by atoms with E-state index in [2.05, 4.69) is 29.2 Å². The molecule has 1 rings (SSSR count). The molecular formula is C9H17N5O. The molecule has 1 aromatic rings. The number of nitrogen functional groups attached to an aromatic ring is 2. The molecule has 5 N–H and O–H groups in total. The Kier molecular flexibility index (Phi) is 3.68. The van der Waals surface area contributed by atoms with Gasteiger partial charge >= 0.3 is 0 Å². The second-order valence-electron chi connectivity index (χ2n) is 3.66. The number of nitrogens with two attached hydrogens (primary N) is 2. The van der Waals surface area contributed by atoms with Crippen molar-refractivity contribution in [3.8, 4) is 5.88 Å². The highest BCUT2D eigenvalue weighted by molar-refractivity contribution is 5.41. The van der Waals surface area contributed by atoms with Gasteiger partial charge in [-0.1, -0.05) is 13.8 Å². The summed E-state index contributed by atoms with van der Waals surface area (Å²) in [6.45, 7) is 6.10. The van der Waals surface area contributed by atoms with Gasteiger partial charge in [-0.05, 0) is 12.8 Å². The molecule has 84 valence electrons. The lowest BCUT2D eigenvalue weighted by molar-refractivity contribution is 0.163. The fourth-order valence-electron chi connectivity index (χ4n) is 0.904. The van der Waals surface area contributed by atoms with Crippen molar-refractivity contribution in [2.75, 3.05) is 11.2 Å². The van der Waals surface area contributed by atoms with Gasteiger partial charge in [0.05, 0.1) is 6.10 Å². The summed E-state index contributed by atoms with van der Waals surface area (Å²) in [4.78, 5) is 7.81. The first-order chi connectivity index (χ1) is 7.02. The number of ether oxygens (including phenoxy) is 1. The first-order valence-electron chi connectivity index (χ1n) is 4.80. The zero-order valence-corrected chi connectivity index (χ0v) is 9.19. The van der Waals surface area contributed by atoms with Crippen LogP contribution in [0.5, 0.6) is 5.88 Å². The lowest BCUT2D eigenvalue weighted by Gasteiger charge is -2.17. The van der Waals surface area contributed by atoms with Crippen LogP contribution in [0, 0.1) is 5.92 Å². The molecular weight excluding hydrogens is 194 g/mol. The van der Waals surface area contributed by atoms with E-state index in [-0.39, 0.29) is 12.1 Å². The highest BCUT2D eigenvalue weighted by Gasteiger charge is 2.10. The Balaban J connectivity index is 2.80. The van der Waals surface area contributed by atoms with Crippen LogP contribution in [-0.4, -0.2) is 16.1 Å². The van der Waals surface area contributed by atoms with E-state index in [0.29, 0.717) is 17.6 Å². The number of rotatable bonds is 4. The van der Waals surface area contributed by atoms with Crippen molar-refractivity contribution in [1.29, 1.82) is 0 Å². The van der Waals surface area contributed by atoms with Crippen LogP contribution in [0.1, 0.15) is 20.8 Å². The van der Waals surface area contributed by atoms with Gasteiger partial charge in [0.15, 0.2) is 0 Å². The molecule has 1 unspecified atom stereocenters. The van der Waals surface area contributed by atoms with Crippen LogP contribution < -0.4 is 21.7 Å². The van der Waals surface area contributed by atoms with E-state index in [4.69, 9.17) is 16.3 Å². The van der Waals surface area contributed by atoms with E-state index < -0.39 is 0 Å². The molecule has 0 saturated heterocycles. The molecule has 0 aliphatic rings. The fourth-order valence-corrected chi connectivity index (χ4v) is 0.904. The maximum absolute atomic E-state index is 5.57. The van der Waals surface area contributed by atoms with E-state index in [0.717, 1.165) is 0 Å². The summed E-state index contributed by atoms with van der Waals surface area (Å²) in [6, 6.07) is 1.61. The minimum Gasteiger partial charge on any atom is -0.474 e. The van der Waals surface area contributed by atoms with Gasteiger partial charge in [0.25, 0.3) is 0 Å². The monoisotopic (exact) mass is 211 g/mol. The molecule has 0 saturated carbocycles. The largest absolute Gasteiger partial charge is 0.474 e. The highest BCUT2D eigenvalue weighted by Crippen LogP contribution is 2.17. The van der Waals surface area contributed by atoms with Crippen molar-refractivity contribution >= 4 is 11.8 Å². The lowest BCUT2D eigenvalue weighted by atomic mass is 10.1. The number of hydrogen-bond acceptors (Lipinski definition) is 6. The smallest absolute Gasteiger partial charge is 0.225 e. The molecule has 6 nitrogen and oxygen atoms in total. The van der Waals surface area contributed by atoms with Gasteiger partial charge in [-0.25, -0.2) is 5.84 Å². The van der Waals surface area contributed by atoms with Gasteiger partial charge in [0.2, 0.25) is 11.8 Å². The van der Waals surface area contributed by atoms with Gasteiger partial charge in [0, 0.05) is 6.07 Å². The molecule has 0 fully saturated rings. The molecule has 15 heavy (non-hydrogen) atoms. The summed E-state index contributed by atoms with van der Waals surface area (Å²) in [7, 11) is 0. The molecule has 0 radical (unpaired) electrons. The summed E-state index contributed by atoms with van der Waals surface area (Å²) >= 11 is 0. The van der Waals surface area contributed by atoms with Crippen molar-refractivity contribution in [2.45, 2.75) is 26.9 Å². The normalized spacial score (nSPS) is 12.6. The first kappa shape index (κ1) is 11.5. The Morgan fingerprint density at radius 1 is 1.33 bits per heavy atom. The molecule has 1 atom stereocenters. The van der Waals surface area contributed by atoms with Gasteiger partial charge in [-0.2, -0.15) is 9.97 Å². The molecule has 1 aromatic heterocycles. The van der Waals surface area contributed by atoms with E-state index in [1.165, 1.54) is 0 Å². The van der Waals surface area contributed by atoms with E-state index >= 15 is 0 Å². The van der Waals surface area contributed by atoms with Crippen molar-refractivity contribution in [3.05, 3.63) is 6.07 Å². The Bertz CT molecular complexity index is 328. The molecule has 0 aliphatic heterocycles. The summed E-state index contributed by atoms with van der Waals surface area (Å²) < 4.78 is 5.57. The van der Waals surface area contributed by atoms with Crippen LogP contribution >= 0.6 is 0 Å². The predicted octanol–water partition coefficient (Wildman–Crippen LogP) is 0.768. The molecule has 0 spiro atoms. The number of hydrazine groups is 1. The molecule has 6 heteroatoms. The third-order valence-corrected chi connectivity index (χ3v) is 2.11. The maximum atomic E-state index is 5.57. The SMILES string of the molecule is CC(C)C(C)Oc1cc(NN)nc(N)n1.